The lowest BCUT2D eigenvalue weighted by Crippen LogP contribution is -2.41. The van der Waals surface area contributed by atoms with Crippen molar-refractivity contribution in [2.75, 3.05) is 51.8 Å². The van der Waals surface area contributed by atoms with Crippen molar-refractivity contribution < 1.29 is 27.5 Å². The van der Waals surface area contributed by atoms with Crippen molar-refractivity contribution in [3.8, 4) is 5.75 Å². The van der Waals surface area contributed by atoms with Crippen LogP contribution < -0.4 is 10.1 Å². The molecule has 0 saturated carbocycles. The molecule has 1 aromatic heterocycles. The molecule has 2 aromatic rings. The number of methoxy groups -OCH3 is 1. The topological polar surface area (TPSA) is 105 Å². The molecule has 2 amide bonds. The van der Waals surface area contributed by atoms with Crippen LogP contribution in [0.4, 0.5) is 5.69 Å². The van der Waals surface area contributed by atoms with Crippen molar-refractivity contribution in [1.82, 2.24) is 9.21 Å². The van der Waals surface area contributed by atoms with Gasteiger partial charge in [-0.25, -0.2) is 8.42 Å². The van der Waals surface area contributed by atoms with E-state index in [1.807, 2.05) is 0 Å². The fourth-order valence-corrected chi connectivity index (χ4v) is 6.69. The summed E-state index contributed by atoms with van der Waals surface area (Å²) in [5, 5.41) is 4.48. The minimum atomic E-state index is -3.71. The normalized spacial score (nSPS) is 18.2. The first-order valence-corrected chi connectivity index (χ1v) is 13.1. The van der Waals surface area contributed by atoms with Crippen LogP contribution >= 0.6 is 11.3 Å². The highest BCUT2D eigenvalue weighted by molar-refractivity contribution is 7.91. The van der Waals surface area contributed by atoms with Crippen molar-refractivity contribution in [2.24, 2.45) is 5.92 Å². The molecule has 1 N–H and O–H groups in total. The van der Waals surface area contributed by atoms with Crippen LogP contribution in [0.3, 0.4) is 0 Å². The first-order chi connectivity index (χ1) is 15.9. The zero-order valence-corrected chi connectivity index (χ0v) is 20.0. The molecule has 4 rings (SSSR count). The predicted molar refractivity (Wildman–Crippen MR) is 124 cm³/mol. The first-order valence-electron chi connectivity index (χ1n) is 10.8. The molecule has 0 radical (unpaired) electrons. The number of carbonyl (C=O) groups excluding carboxylic acids is 2. The summed E-state index contributed by atoms with van der Waals surface area (Å²) in [6.45, 7) is 2.50. The third-order valence-corrected chi connectivity index (χ3v) is 9.21. The predicted octanol–water partition coefficient (Wildman–Crippen LogP) is 2.27. The van der Waals surface area contributed by atoms with E-state index in [9.17, 15) is 18.0 Å². The maximum Gasteiger partial charge on any atom is 0.254 e. The summed E-state index contributed by atoms with van der Waals surface area (Å²) >= 11 is 1.06. The van der Waals surface area contributed by atoms with Gasteiger partial charge in [-0.3, -0.25) is 9.59 Å². The number of hydrogen-bond acceptors (Lipinski definition) is 7. The minimum Gasteiger partial charge on any atom is -0.497 e. The lowest BCUT2D eigenvalue weighted by atomic mass is 9.97. The molecule has 0 aliphatic carbocycles. The van der Waals surface area contributed by atoms with Crippen LogP contribution in [0.2, 0.25) is 0 Å². The summed E-state index contributed by atoms with van der Waals surface area (Å²) in [6, 6.07) is 8.53. The molecular weight excluding hydrogens is 466 g/mol. The van der Waals surface area contributed by atoms with E-state index < -0.39 is 10.0 Å². The van der Waals surface area contributed by atoms with E-state index >= 15 is 0 Å². The maximum atomic E-state index is 13.1. The average molecular weight is 494 g/mol. The second-order valence-corrected chi connectivity index (χ2v) is 11.0. The number of amides is 2. The van der Waals surface area contributed by atoms with Gasteiger partial charge in [-0.2, -0.15) is 4.31 Å². The maximum absolute atomic E-state index is 13.1. The van der Waals surface area contributed by atoms with Gasteiger partial charge < -0.3 is 19.7 Å². The van der Waals surface area contributed by atoms with E-state index in [0.29, 0.717) is 56.1 Å². The summed E-state index contributed by atoms with van der Waals surface area (Å²) in [7, 11) is -2.13. The van der Waals surface area contributed by atoms with Crippen LogP contribution in [0, 0.1) is 5.92 Å². The number of rotatable bonds is 6. The fraction of sp³-hybridized carbons (Fsp3) is 0.455. The van der Waals surface area contributed by atoms with Crippen molar-refractivity contribution in [3.05, 3.63) is 41.3 Å². The monoisotopic (exact) mass is 493 g/mol. The Bertz CT molecular complexity index is 1090. The molecule has 178 valence electrons. The van der Waals surface area contributed by atoms with E-state index in [2.05, 4.69) is 5.32 Å². The molecule has 2 saturated heterocycles. The Labute approximate surface area is 197 Å². The molecule has 9 nitrogen and oxygen atoms in total. The fourth-order valence-electron chi connectivity index (χ4n) is 3.92. The summed E-state index contributed by atoms with van der Waals surface area (Å²) in [6.07, 6.45) is 0.873. The molecule has 3 heterocycles. The molecule has 1 aromatic carbocycles. The Hall–Kier alpha value is -2.47. The number of nitrogens with one attached hydrogen (secondary N) is 1. The number of sulfonamides is 1. The molecule has 2 fully saturated rings. The lowest BCUT2D eigenvalue weighted by molar-refractivity contribution is -0.120. The Morgan fingerprint density at radius 1 is 1.09 bits per heavy atom. The lowest BCUT2D eigenvalue weighted by Gasteiger charge is -2.30. The standard InChI is InChI=1S/C22H27N3O6S2/c1-30-19-4-2-18(3-5-19)23-21(26)16-6-8-25(9-7-16)33(28,29)20-14-17(15-32-20)22(27)24-10-12-31-13-11-24/h2-5,14-16H,6-13H2,1H3,(H,23,26). The molecule has 0 unspecified atom stereocenters. The smallest absolute Gasteiger partial charge is 0.254 e. The van der Waals surface area contributed by atoms with Crippen LogP contribution in [-0.4, -0.2) is 75.9 Å². The molecule has 2 aliphatic rings. The van der Waals surface area contributed by atoms with Crippen LogP contribution in [-0.2, 0) is 19.6 Å². The number of nitrogens with zero attached hydrogens (tertiary/aromatic N) is 2. The summed E-state index contributed by atoms with van der Waals surface area (Å²) < 4.78 is 38.1. The van der Waals surface area contributed by atoms with Crippen LogP contribution in [0.15, 0.2) is 39.9 Å². The van der Waals surface area contributed by atoms with E-state index in [0.717, 1.165) is 11.3 Å². The average Bonchev–Trinajstić information content (AvgIpc) is 3.36. The largest absolute Gasteiger partial charge is 0.497 e. The zero-order chi connectivity index (χ0) is 23.4. The second kappa shape index (κ2) is 10.2. The molecule has 11 heteroatoms. The molecule has 0 bridgehead atoms. The highest BCUT2D eigenvalue weighted by Gasteiger charge is 2.33. The third kappa shape index (κ3) is 5.37. The Balaban J connectivity index is 1.34. The molecular formula is C22H27N3O6S2. The second-order valence-electron chi connectivity index (χ2n) is 7.96. The van der Waals surface area contributed by atoms with Crippen molar-refractivity contribution in [1.29, 1.82) is 0 Å². The van der Waals surface area contributed by atoms with Gasteiger partial charge in [0.05, 0.1) is 25.9 Å². The van der Waals surface area contributed by atoms with Gasteiger partial charge in [0.1, 0.15) is 9.96 Å². The van der Waals surface area contributed by atoms with Crippen LogP contribution in [0.1, 0.15) is 23.2 Å². The highest BCUT2D eigenvalue weighted by atomic mass is 32.2. The van der Waals surface area contributed by atoms with Crippen molar-refractivity contribution >= 4 is 38.9 Å². The van der Waals surface area contributed by atoms with Crippen molar-refractivity contribution in [2.45, 2.75) is 17.1 Å². The van der Waals surface area contributed by atoms with Gasteiger partial charge >= 0.3 is 0 Å². The van der Waals surface area contributed by atoms with Gasteiger partial charge in [0.15, 0.2) is 0 Å². The minimum absolute atomic E-state index is 0.119. The molecule has 2 aliphatic heterocycles. The summed E-state index contributed by atoms with van der Waals surface area (Å²) in [4.78, 5) is 26.9. The van der Waals surface area contributed by atoms with Gasteiger partial charge in [-0.15, -0.1) is 11.3 Å². The quantitative estimate of drug-likeness (QED) is 0.662. The Morgan fingerprint density at radius 2 is 1.76 bits per heavy atom. The number of thiophene rings is 1. The Kier molecular flexibility index (Phi) is 7.32. The summed E-state index contributed by atoms with van der Waals surface area (Å²) in [5.41, 5.74) is 1.06. The summed E-state index contributed by atoms with van der Waals surface area (Å²) in [5.74, 6) is 0.145. The van der Waals surface area contributed by atoms with E-state index in [4.69, 9.17) is 9.47 Å². The number of benzene rings is 1. The van der Waals surface area contributed by atoms with Crippen LogP contribution in [0.25, 0.3) is 0 Å². The van der Waals surface area contributed by atoms with Crippen molar-refractivity contribution in [3.63, 3.8) is 0 Å². The number of piperidine rings is 1. The first kappa shape index (κ1) is 23.7. The van der Waals surface area contributed by atoms with E-state index in [1.165, 1.54) is 10.4 Å². The van der Waals surface area contributed by atoms with Gasteiger partial charge in [0.25, 0.3) is 15.9 Å². The molecule has 0 atom stereocenters. The SMILES string of the molecule is COc1ccc(NC(=O)C2CCN(S(=O)(=O)c3cc(C(=O)N4CCOCC4)cs3)CC2)cc1. The molecule has 0 spiro atoms. The number of morpholine rings is 1. The number of anilines is 1. The van der Waals surface area contributed by atoms with Gasteiger partial charge in [-0.1, -0.05) is 0 Å². The van der Waals surface area contributed by atoms with E-state index in [1.54, 1.807) is 41.7 Å². The zero-order valence-electron chi connectivity index (χ0n) is 18.4. The van der Waals surface area contributed by atoms with Gasteiger partial charge in [0.2, 0.25) is 5.91 Å². The van der Waals surface area contributed by atoms with Gasteiger partial charge in [0, 0.05) is 43.2 Å². The van der Waals surface area contributed by atoms with E-state index in [-0.39, 0.29) is 35.0 Å². The highest BCUT2D eigenvalue weighted by Crippen LogP contribution is 2.29. The number of ether oxygens (including phenoxy) is 2. The van der Waals surface area contributed by atoms with Gasteiger partial charge in [-0.05, 0) is 43.2 Å². The Morgan fingerprint density at radius 3 is 2.39 bits per heavy atom. The van der Waals surface area contributed by atoms with Crippen LogP contribution in [0.5, 0.6) is 5.75 Å². The molecule has 33 heavy (non-hydrogen) atoms. The number of carbonyl (C=O) groups is 2. The number of hydrogen-bond donors (Lipinski definition) is 1. The third-order valence-electron chi connectivity index (χ3n) is 5.90.